The Balaban J connectivity index is 2.02. The maximum Gasteiger partial charge on any atom is 0.220 e. The van der Waals surface area contributed by atoms with Crippen molar-refractivity contribution in [3.63, 3.8) is 0 Å². The van der Waals surface area contributed by atoms with Gasteiger partial charge in [0.15, 0.2) is 0 Å². The lowest BCUT2D eigenvalue weighted by Crippen LogP contribution is -2.35. The van der Waals surface area contributed by atoms with Crippen molar-refractivity contribution in [3.05, 3.63) is 35.9 Å². The molecule has 2 nitrogen and oxygen atoms in total. The monoisotopic (exact) mass is 217 g/mol. The number of hydrogen-bond acceptors (Lipinski definition) is 1. The molecule has 1 N–H and O–H groups in total. The zero-order chi connectivity index (χ0) is 11.6. The number of amides is 1. The molecule has 0 unspecified atom stereocenters. The van der Waals surface area contributed by atoms with Crippen molar-refractivity contribution in [2.45, 2.75) is 38.6 Å². The van der Waals surface area contributed by atoms with Gasteiger partial charge < -0.3 is 5.32 Å². The van der Waals surface area contributed by atoms with Gasteiger partial charge >= 0.3 is 0 Å². The fourth-order valence-electron chi connectivity index (χ4n) is 2.06. The maximum atomic E-state index is 11.8. The van der Waals surface area contributed by atoms with Crippen LogP contribution < -0.4 is 5.32 Å². The highest BCUT2D eigenvalue weighted by Crippen LogP contribution is 2.45. The molecule has 2 heteroatoms. The molecule has 1 aliphatic rings. The van der Waals surface area contributed by atoms with Gasteiger partial charge in [-0.05, 0) is 24.3 Å². The Bertz CT molecular complexity index is 366. The Morgan fingerprint density at radius 1 is 1.31 bits per heavy atom. The molecule has 1 aromatic rings. The van der Waals surface area contributed by atoms with E-state index in [-0.39, 0.29) is 11.4 Å². The van der Waals surface area contributed by atoms with Gasteiger partial charge in [-0.25, -0.2) is 0 Å². The van der Waals surface area contributed by atoms with Crippen molar-refractivity contribution in [2.24, 2.45) is 5.92 Å². The Hall–Kier alpha value is -1.31. The molecule has 1 amide bonds. The second kappa shape index (κ2) is 4.28. The summed E-state index contributed by atoms with van der Waals surface area (Å²) in [6, 6.07) is 10.3. The Morgan fingerprint density at radius 3 is 2.44 bits per heavy atom. The van der Waals surface area contributed by atoms with Crippen molar-refractivity contribution >= 4 is 5.91 Å². The van der Waals surface area contributed by atoms with Crippen molar-refractivity contribution in [3.8, 4) is 0 Å². The second-order valence-corrected chi connectivity index (χ2v) is 5.09. The number of carbonyl (C=O) groups is 1. The fraction of sp³-hybridized carbons (Fsp3) is 0.500. The van der Waals surface area contributed by atoms with Crippen LogP contribution in [0, 0.1) is 5.92 Å². The molecule has 0 radical (unpaired) electrons. The first-order valence-corrected chi connectivity index (χ1v) is 5.99. The predicted molar refractivity (Wildman–Crippen MR) is 65.0 cm³/mol. The lowest BCUT2D eigenvalue weighted by Gasteiger charge is -2.18. The molecule has 0 heterocycles. The average Bonchev–Trinajstić information content (AvgIpc) is 2.99. The van der Waals surface area contributed by atoms with E-state index in [1.165, 1.54) is 5.56 Å². The van der Waals surface area contributed by atoms with Crippen LogP contribution in [0.15, 0.2) is 30.3 Å². The minimum Gasteiger partial charge on any atom is -0.347 e. The Morgan fingerprint density at radius 2 is 1.94 bits per heavy atom. The van der Waals surface area contributed by atoms with Gasteiger partial charge in [-0.3, -0.25) is 4.79 Å². The minimum absolute atomic E-state index is 0.0484. The van der Waals surface area contributed by atoms with Crippen LogP contribution in [0.5, 0.6) is 0 Å². The molecule has 86 valence electrons. The summed E-state index contributed by atoms with van der Waals surface area (Å²) in [4.78, 5) is 11.8. The third-order valence-corrected chi connectivity index (χ3v) is 3.05. The summed E-state index contributed by atoms with van der Waals surface area (Å²) in [5, 5.41) is 3.18. The van der Waals surface area contributed by atoms with Crippen LogP contribution in [0.2, 0.25) is 0 Å². The largest absolute Gasteiger partial charge is 0.347 e. The molecule has 0 aromatic heterocycles. The van der Waals surface area contributed by atoms with E-state index in [9.17, 15) is 4.79 Å². The molecule has 1 aliphatic carbocycles. The average molecular weight is 217 g/mol. The zero-order valence-electron chi connectivity index (χ0n) is 9.99. The van der Waals surface area contributed by atoms with E-state index in [1.54, 1.807) is 0 Å². The summed E-state index contributed by atoms with van der Waals surface area (Å²) in [5.41, 5.74) is 1.19. The third kappa shape index (κ3) is 2.43. The minimum atomic E-state index is -0.0484. The van der Waals surface area contributed by atoms with Crippen LogP contribution in [0.1, 0.15) is 38.7 Å². The van der Waals surface area contributed by atoms with Gasteiger partial charge in [0.2, 0.25) is 5.91 Å². The summed E-state index contributed by atoms with van der Waals surface area (Å²) in [7, 11) is 0. The molecule has 0 atom stereocenters. The van der Waals surface area contributed by atoms with Crippen LogP contribution >= 0.6 is 0 Å². The van der Waals surface area contributed by atoms with Crippen LogP contribution in [-0.2, 0) is 10.3 Å². The standard InChI is InChI=1S/C14H19NO/c1-11(2)10-13(16)15-14(8-9-14)12-6-4-3-5-7-12/h3-7,11H,8-10H2,1-2H3,(H,15,16). The van der Waals surface area contributed by atoms with Gasteiger partial charge in [0.05, 0.1) is 5.54 Å². The second-order valence-electron chi connectivity index (χ2n) is 5.09. The van der Waals surface area contributed by atoms with Crippen LogP contribution in [0.3, 0.4) is 0 Å². The molecule has 1 aromatic carbocycles. The van der Waals surface area contributed by atoms with Gasteiger partial charge in [-0.1, -0.05) is 44.2 Å². The number of benzene rings is 1. The maximum absolute atomic E-state index is 11.8. The highest BCUT2D eigenvalue weighted by molar-refractivity contribution is 5.77. The fourth-order valence-corrected chi connectivity index (χ4v) is 2.06. The molecule has 0 bridgehead atoms. The zero-order valence-corrected chi connectivity index (χ0v) is 9.99. The van der Waals surface area contributed by atoms with E-state index in [0.29, 0.717) is 12.3 Å². The number of carbonyl (C=O) groups excluding carboxylic acids is 1. The molecule has 0 aliphatic heterocycles. The Labute approximate surface area is 97.1 Å². The predicted octanol–water partition coefficient (Wildman–Crippen LogP) is 2.84. The number of nitrogens with one attached hydrogen (secondary N) is 1. The van der Waals surface area contributed by atoms with Crippen molar-refractivity contribution in [1.82, 2.24) is 5.32 Å². The molecule has 0 spiro atoms. The van der Waals surface area contributed by atoms with Gasteiger partial charge in [0, 0.05) is 6.42 Å². The molecule has 1 fully saturated rings. The molecular formula is C14H19NO. The first-order valence-electron chi connectivity index (χ1n) is 5.99. The van der Waals surface area contributed by atoms with Gasteiger partial charge in [-0.15, -0.1) is 0 Å². The van der Waals surface area contributed by atoms with Gasteiger partial charge in [-0.2, -0.15) is 0 Å². The topological polar surface area (TPSA) is 29.1 Å². The summed E-state index contributed by atoms with van der Waals surface area (Å²) in [5.74, 6) is 0.600. The number of rotatable bonds is 4. The van der Waals surface area contributed by atoms with Crippen LogP contribution in [0.4, 0.5) is 0 Å². The van der Waals surface area contributed by atoms with E-state index < -0.39 is 0 Å². The highest BCUT2D eigenvalue weighted by Gasteiger charge is 2.45. The normalized spacial score (nSPS) is 17.2. The van der Waals surface area contributed by atoms with Gasteiger partial charge in [0.25, 0.3) is 0 Å². The van der Waals surface area contributed by atoms with Crippen LogP contribution in [-0.4, -0.2) is 5.91 Å². The quantitative estimate of drug-likeness (QED) is 0.825. The van der Waals surface area contributed by atoms with Crippen molar-refractivity contribution in [2.75, 3.05) is 0 Å². The summed E-state index contributed by atoms with van der Waals surface area (Å²) >= 11 is 0. The summed E-state index contributed by atoms with van der Waals surface area (Å²) in [6.45, 7) is 4.14. The molecular weight excluding hydrogens is 198 g/mol. The molecule has 0 saturated heterocycles. The Kier molecular flexibility index (Phi) is 2.99. The smallest absolute Gasteiger partial charge is 0.220 e. The van der Waals surface area contributed by atoms with Crippen LogP contribution in [0.25, 0.3) is 0 Å². The lowest BCUT2D eigenvalue weighted by atomic mass is 10.0. The summed E-state index contributed by atoms with van der Waals surface area (Å²) in [6.07, 6.45) is 2.76. The van der Waals surface area contributed by atoms with E-state index in [2.05, 4.69) is 31.3 Å². The first kappa shape index (κ1) is 11.2. The van der Waals surface area contributed by atoms with E-state index >= 15 is 0 Å². The molecule has 16 heavy (non-hydrogen) atoms. The molecule has 2 rings (SSSR count). The van der Waals surface area contributed by atoms with Crippen molar-refractivity contribution < 1.29 is 4.79 Å². The molecule has 1 saturated carbocycles. The van der Waals surface area contributed by atoms with E-state index in [0.717, 1.165) is 12.8 Å². The van der Waals surface area contributed by atoms with E-state index in [1.807, 2.05) is 18.2 Å². The third-order valence-electron chi connectivity index (χ3n) is 3.05. The van der Waals surface area contributed by atoms with Crippen molar-refractivity contribution in [1.29, 1.82) is 0 Å². The van der Waals surface area contributed by atoms with E-state index in [4.69, 9.17) is 0 Å². The van der Waals surface area contributed by atoms with Gasteiger partial charge in [0.1, 0.15) is 0 Å². The number of hydrogen-bond donors (Lipinski definition) is 1. The highest BCUT2D eigenvalue weighted by atomic mass is 16.1. The lowest BCUT2D eigenvalue weighted by molar-refractivity contribution is -0.122. The SMILES string of the molecule is CC(C)CC(=O)NC1(c2ccccc2)CC1. The summed E-state index contributed by atoms with van der Waals surface area (Å²) < 4.78 is 0. The first-order chi connectivity index (χ1) is 7.62.